The molecule has 1 N–H and O–H groups in total. The van der Waals surface area contributed by atoms with Gasteiger partial charge in [-0.25, -0.2) is 9.07 Å². The first-order valence-corrected chi connectivity index (χ1v) is 8.83. The number of rotatable bonds is 5. The fraction of sp³-hybridized carbons (Fsp3) is 0.238. The third-order valence-corrected chi connectivity index (χ3v) is 4.91. The van der Waals surface area contributed by atoms with Crippen LogP contribution in [0.3, 0.4) is 0 Å². The molecule has 0 saturated heterocycles. The molecule has 1 aliphatic carbocycles. The fourth-order valence-corrected chi connectivity index (χ4v) is 3.54. The van der Waals surface area contributed by atoms with E-state index in [4.69, 9.17) is 0 Å². The van der Waals surface area contributed by atoms with Gasteiger partial charge >= 0.3 is 0 Å². The van der Waals surface area contributed by atoms with Gasteiger partial charge < -0.3 is 5.32 Å². The maximum absolute atomic E-state index is 13.0. The molecule has 3 aromatic rings. The van der Waals surface area contributed by atoms with E-state index < -0.39 is 0 Å². The first-order valence-electron chi connectivity index (χ1n) is 8.83. The van der Waals surface area contributed by atoms with E-state index in [2.05, 4.69) is 28.6 Å². The largest absolute Gasteiger partial charge is 0.352 e. The van der Waals surface area contributed by atoms with Crippen molar-refractivity contribution >= 4 is 5.91 Å². The van der Waals surface area contributed by atoms with Gasteiger partial charge in [-0.3, -0.25) is 4.79 Å². The van der Waals surface area contributed by atoms with E-state index in [-0.39, 0.29) is 11.7 Å². The highest BCUT2D eigenvalue weighted by atomic mass is 19.1. The Balaban J connectivity index is 1.33. The zero-order valence-electron chi connectivity index (χ0n) is 14.4. The third-order valence-electron chi connectivity index (χ3n) is 4.91. The molecule has 0 aliphatic heterocycles. The number of amides is 1. The lowest BCUT2D eigenvalue weighted by Crippen LogP contribution is -2.24. The molecule has 4 rings (SSSR count). The van der Waals surface area contributed by atoms with Gasteiger partial charge in [0.2, 0.25) is 5.91 Å². The number of benzene rings is 2. The van der Waals surface area contributed by atoms with Crippen molar-refractivity contribution in [3.8, 4) is 5.69 Å². The van der Waals surface area contributed by atoms with Crippen LogP contribution in [0.4, 0.5) is 4.39 Å². The van der Waals surface area contributed by atoms with Crippen LogP contribution in [0, 0.1) is 5.82 Å². The number of hydrogen-bond donors (Lipinski definition) is 1. The lowest BCUT2D eigenvalue weighted by atomic mass is 9.97. The minimum atomic E-state index is -0.276. The Kier molecular flexibility index (Phi) is 4.52. The molecule has 26 heavy (non-hydrogen) atoms. The average molecular weight is 349 g/mol. The van der Waals surface area contributed by atoms with Crippen LogP contribution < -0.4 is 5.32 Å². The van der Waals surface area contributed by atoms with Gasteiger partial charge in [0.05, 0.1) is 11.9 Å². The van der Waals surface area contributed by atoms with Gasteiger partial charge in [0.25, 0.3) is 0 Å². The quantitative estimate of drug-likeness (QED) is 0.763. The van der Waals surface area contributed by atoms with Gasteiger partial charge in [0.1, 0.15) is 5.82 Å². The Morgan fingerprint density at radius 3 is 2.85 bits per heavy atom. The average Bonchev–Trinajstić information content (AvgIpc) is 3.28. The van der Waals surface area contributed by atoms with E-state index in [1.54, 1.807) is 23.0 Å². The predicted molar refractivity (Wildman–Crippen MR) is 97.5 cm³/mol. The molecule has 4 nitrogen and oxygen atoms in total. The van der Waals surface area contributed by atoms with Gasteiger partial charge in [-0.2, -0.15) is 5.10 Å². The summed E-state index contributed by atoms with van der Waals surface area (Å²) in [5.74, 6) is 0.0938. The van der Waals surface area contributed by atoms with Gasteiger partial charge in [-0.1, -0.05) is 24.3 Å². The molecular weight excluding hydrogens is 329 g/mol. The molecule has 1 aliphatic rings. The third kappa shape index (κ3) is 3.52. The van der Waals surface area contributed by atoms with Crippen LogP contribution in [0.15, 0.2) is 60.9 Å². The number of nitrogens with one attached hydrogen (secondary N) is 1. The standard InChI is InChI=1S/C21H20FN3O/c22-18-7-9-19(10-8-18)25-14-15(13-24-25)12-23-21(26)11-17-6-5-16-3-1-2-4-20(16)17/h1-4,7-10,13-14,17H,5-6,11-12H2,(H,23,26). The number of nitrogens with zero attached hydrogens (tertiary/aromatic N) is 2. The van der Waals surface area contributed by atoms with Crippen molar-refractivity contribution in [3.05, 3.63) is 83.4 Å². The van der Waals surface area contributed by atoms with Gasteiger partial charge in [0.15, 0.2) is 0 Å². The van der Waals surface area contributed by atoms with E-state index in [9.17, 15) is 9.18 Å². The summed E-state index contributed by atoms with van der Waals surface area (Å²) in [7, 11) is 0. The molecule has 0 radical (unpaired) electrons. The molecule has 1 atom stereocenters. The van der Waals surface area contributed by atoms with Crippen LogP contribution in [0.1, 0.15) is 35.4 Å². The van der Waals surface area contributed by atoms with Gasteiger partial charge in [-0.15, -0.1) is 0 Å². The minimum Gasteiger partial charge on any atom is -0.352 e. The van der Waals surface area contributed by atoms with Crippen molar-refractivity contribution in [1.82, 2.24) is 15.1 Å². The molecule has 0 saturated carbocycles. The molecule has 1 heterocycles. The Hall–Kier alpha value is -2.95. The molecule has 1 aromatic heterocycles. The smallest absolute Gasteiger partial charge is 0.220 e. The zero-order chi connectivity index (χ0) is 17.9. The van der Waals surface area contributed by atoms with E-state index in [1.165, 1.54) is 23.3 Å². The molecular formula is C21H20FN3O. The topological polar surface area (TPSA) is 46.9 Å². The van der Waals surface area contributed by atoms with Crippen LogP contribution in [-0.2, 0) is 17.8 Å². The second-order valence-electron chi connectivity index (χ2n) is 6.68. The summed E-state index contributed by atoms with van der Waals surface area (Å²) < 4.78 is 14.7. The predicted octanol–water partition coefficient (Wildman–Crippen LogP) is 3.75. The van der Waals surface area contributed by atoms with Crippen LogP contribution >= 0.6 is 0 Å². The second kappa shape index (κ2) is 7.12. The Morgan fingerprint density at radius 1 is 1.19 bits per heavy atom. The fourth-order valence-electron chi connectivity index (χ4n) is 3.54. The molecule has 5 heteroatoms. The summed E-state index contributed by atoms with van der Waals surface area (Å²) in [6.45, 7) is 0.439. The van der Waals surface area contributed by atoms with Crippen LogP contribution in [-0.4, -0.2) is 15.7 Å². The molecule has 1 unspecified atom stereocenters. The monoisotopic (exact) mass is 349 g/mol. The van der Waals surface area contributed by atoms with E-state index in [0.29, 0.717) is 18.9 Å². The molecule has 132 valence electrons. The number of fused-ring (bicyclic) bond motifs is 1. The normalized spacial score (nSPS) is 15.7. The first-order chi connectivity index (χ1) is 12.7. The summed E-state index contributed by atoms with van der Waals surface area (Å²) in [5, 5.41) is 7.25. The number of carbonyl (C=O) groups excluding carboxylic acids is 1. The maximum atomic E-state index is 13.0. The van der Waals surface area contributed by atoms with Crippen LogP contribution in [0.5, 0.6) is 0 Å². The van der Waals surface area contributed by atoms with E-state index >= 15 is 0 Å². The minimum absolute atomic E-state index is 0.0567. The zero-order valence-corrected chi connectivity index (χ0v) is 14.4. The van der Waals surface area contributed by atoms with Crippen molar-refractivity contribution in [3.63, 3.8) is 0 Å². The van der Waals surface area contributed by atoms with Crippen molar-refractivity contribution in [2.45, 2.75) is 31.7 Å². The lowest BCUT2D eigenvalue weighted by molar-refractivity contribution is -0.121. The Bertz CT molecular complexity index is 917. The maximum Gasteiger partial charge on any atom is 0.220 e. The van der Waals surface area contributed by atoms with E-state index in [1.807, 2.05) is 12.3 Å². The van der Waals surface area contributed by atoms with Crippen molar-refractivity contribution in [2.75, 3.05) is 0 Å². The molecule has 0 fully saturated rings. The first kappa shape index (κ1) is 16.5. The summed E-state index contributed by atoms with van der Waals surface area (Å²) in [6.07, 6.45) is 6.17. The number of hydrogen-bond acceptors (Lipinski definition) is 2. The summed E-state index contributed by atoms with van der Waals surface area (Å²) in [6, 6.07) is 14.5. The van der Waals surface area contributed by atoms with Crippen molar-refractivity contribution in [1.29, 1.82) is 0 Å². The highest BCUT2D eigenvalue weighted by Gasteiger charge is 2.24. The number of halogens is 1. The molecule has 1 amide bonds. The Morgan fingerprint density at radius 2 is 2.00 bits per heavy atom. The van der Waals surface area contributed by atoms with E-state index in [0.717, 1.165) is 24.1 Å². The highest BCUT2D eigenvalue weighted by Crippen LogP contribution is 2.35. The van der Waals surface area contributed by atoms with Crippen molar-refractivity contribution in [2.24, 2.45) is 0 Å². The second-order valence-corrected chi connectivity index (χ2v) is 6.68. The molecule has 2 aromatic carbocycles. The molecule has 0 bridgehead atoms. The van der Waals surface area contributed by atoms with Crippen LogP contribution in [0.25, 0.3) is 5.69 Å². The highest BCUT2D eigenvalue weighted by molar-refractivity contribution is 5.77. The lowest BCUT2D eigenvalue weighted by Gasteiger charge is -2.11. The Labute approximate surface area is 151 Å². The van der Waals surface area contributed by atoms with Crippen molar-refractivity contribution < 1.29 is 9.18 Å². The van der Waals surface area contributed by atoms with Gasteiger partial charge in [0, 0.05) is 24.7 Å². The summed E-state index contributed by atoms with van der Waals surface area (Å²) in [5.41, 5.74) is 4.37. The SMILES string of the molecule is O=C(CC1CCc2ccccc21)NCc1cnn(-c2ccc(F)cc2)c1. The number of aromatic nitrogens is 2. The summed E-state index contributed by atoms with van der Waals surface area (Å²) >= 11 is 0. The van der Waals surface area contributed by atoms with Crippen LogP contribution in [0.2, 0.25) is 0 Å². The summed E-state index contributed by atoms with van der Waals surface area (Å²) in [4.78, 5) is 12.3. The van der Waals surface area contributed by atoms with Gasteiger partial charge in [-0.05, 0) is 54.2 Å². The number of carbonyl (C=O) groups is 1. The molecule has 0 spiro atoms. The number of aryl methyl sites for hydroxylation is 1.